The van der Waals surface area contributed by atoms with E-state index in [1.54, 1.807) is 9.58 Å². The summed E-state index contributed by atoms with van der Waals surface area (Å²) in [5.41, 5.74) is 1.77. The van der Waals surface area contributed by atoms with Crippen molar-refractivity contribution in [2.75, 3.05) is 13.1 Å². The highest BCUT2D eigenvalue weighted by atomic mass is 16.2. The van der Waals surface area contributed by atoms with Gasteiger partial charge in [0.15, 0.2) is 0 Å². The molecule has 1 aromatic carbocycles. The fourth-order valence-corrected chi connectivity index (χ4v) is 2.81. The van der Waals surface area contributed by atoms with E-state index in [0.717, 1.165) is 11.4 Å². The quantitative estimate of drug-likeness (QED) is 0.848. The van der Waals surface area contributed by atoms with Gasteiger partial charge in [0.1, 0.15) is 0 Å². The van der Waals surface area contributed by atoms with Gasteiger partial charge in [-0.15, -0.1) is 0 Å². The van der Waals surface area contributed by atoms with Gasteiger partial charge in [0.2, 0.25) is 11.8 Å². The second-order valence-electron chi connectivity index (χ2n) is 5.78. The second kappa shape index (κ2) is 7.12. The molecule has 2 heterocycles. The van der Waals surface area contributed by atoms with Crippen molar-refractivity contribution in [3.8, 4) is 5.69 Å². The molecule has 1 aromatic heterocycles. The molecule has 0 unspecified atom stereocenters. The topological polar surface area (TPSA) is 67.2 Å². The van der Waals surface area contributed by atoms with Gasteiger partial charge in [0.05, 0.1) is 23.8 Å². The Labute approximate surface area is 140 Å². The molecule has 0 aliphatic carbocycles. The van der Waals surface area contributed by atoms with Crippen molar-refractivity contribution in [3.05, 3.63) is 60.9 Å². The van der Waals surface area contributed by atoms with Gasteiger partial charge in [0.25, 0.3) is 0 Å². The molecule has 1 aliphatic rings. The Morgan fingerprint density at radius 2 is 2.08 bits per heavy atom. The number of aromatic nitrogens is 2. The van der Waals surface area contributed by atoms with E-state index in [2.05, 4.69) is 17.0 Å². The van der Waals surface area contributed by atoms with E-state index in [4.69, 9.17) is 0 Å². The van der Waals surface area contributed by atoms with Crippen LogP contribution in [-0.4, -0.2) is 39.6 Å². The number of amides is 2. The van der Waals surface area contributed by atoms with Crippen LogP contribution in [0.4, 0.5) is 0 Å². The first-order valence-electron chi connectivity index (χ1n) is 7.96. The molecule has 3 rings (SSSR count). The summed E-state index contributed by atoms with van der Waals surface area (Å²) in [6.07, 6.45) is 3.84. The third kappa shape index (κ3) is 3.53. The Morgan fingerprint density at radius 3 is 2.83 bits per heavy atom. The van der Waals surface area contributed by atoms with E-state index in [-0.39, 0.29) is 17.7 Å². The lowest BCUT2D eigenvalue weighted by molar-refractivity contribution is -0.126. The maximum Gasteiger partial charge on any atom is 0.245 e. The molecule has 6 nitrogen and oxygen atoms in total. The van der Waals surface area contributed by atoms with Crippen LogP contribution in [0, 0.1) is 5.92 Å². The van der Waals surface area contributed by atoms with Gasteiger partial charge in [-0.1, -0.05) is 24.8 Å². The molecule has 1 aliphatic heterocycles. The van der Waals surface area contributed by atoms with Gasteiger partial charge in [-0.2, -0.15) is 5.10 Å². The molecular weight excluding hydrogens is 304 g/mol. The largest absolute Gasteiger partial charge is 0.350 e. The highest BCUT2D eigenvalue weighted by molar-refractivity contribution is 5.88. The summed E-state index contributed by atoms with van der Waals surface area (Å²) in [4.78, 5) is 25.5. The van der Waals surface area contributed by atoms with Crippen LogP contribution in [0.25, 0.3) is 5.69 Å². The van der Waals surface area contributed by atoms with Gasteiger partial charge in [0, 0.05) is 19.3 Å². The number of carbonyl (C=O) groups is 2. The first kappa shape index (κ1) is 16.0. The summed E-state index contributed by atoms with van der Waals surface area (Å²) in [5, 5.41) is 7.36. The number of hydrogen-bond donors (Lipinski definition) is 1. The van der Waals surface area contributed by atoms with Crippen molar-refractivity contribution < 1.29 is 9.59 Å². The van der Waals surface area contributed by atoms with Crippen molar-refractivity contribution in [3.63, 3.8) is 0 Å². The second-order valence-corrected chi connectivity index (χ2v) is 5.78. The zero-order valence-corrected chi connectivity index (χ0v) is 13.4. The van der Waals surface area contributed by atoms with Gasteiger partial charge in [-0.05, 0) is 30.7 Å². The Hall–Kier alpha value is -2.89. The van der Waals surface area contributed by atoms with Gasteiger partial charge in [-0.25, -0.2) is 4.68 Å². The van der Waals surface area contributed by atoms with Crippen molar-refractivity contribution >= 4 is 11.8 Å². The minimum Gasteiger partial charge on any atom is -0.350 e. The fourth-order valence-electron chi connectivity index (χ4n) is 2.81. The molecule has 1 atom stereocenters. The van der Waals surface area contributed by atoms with Gasteiger partial charge < -0.3 is 10.2 Å². The Morgan fingerprint density at radius 1 is 1.29 bits per heavy atom. The minimum atomic E-state index is -0.162. The van der Waals surface area contributed by atoms with Crippen LogP contribution in [0.5, 0.6) is 0 Å². The lowest BCUT2D eigenvalue weighted by Gasteiger charge is -2.13. The normalized spacial score (nSPS) is 16.8. The molecule has 0 bridgehead atoms. The predicted molar refractivity (Wildman–Crippen MR) is 90.3 cm³/mol. The maximum absolute atomic E-state index is 12.2. The third-order valence-corrected chi connectivity index (χ3v) is 4.15. The van der Waals surface area contributed by atoms with Crippen LogP contribution in [-0.2, 0) is 16.1 Å². The lowest BCUT2D eigenvalue weighted by atomic mass is 10.1. The van der Waals surface area contributed by atoms with E-state index >= 15 is 0 Å². The zero-order valence-electron chi connectivity index (χ0n) is 13.4. The monoisotopic (exact) mass is 324 g/mol. The number of hydrogen-bond acceptors (Lipinski definition) is 3. The van der Waals surface area contributed by atoms with E-state index in [1.807, 2.05) is 42.6 Å². The van der Waals surface area contributed by atoms with Gasteiger partial charge in [-0.3, -0.25) is 9.59 Å². The molecule has 0 spiro atoms. The van der Waals surface area contributed by atoms with Crippen LogP contribution in [0.1, 0.15) is 12.1 Å². The zero-order chi connectivity index (χ0) is 16.9. The minimum absolute atomic E-state index is 0.0383. The molecule has 124 valence electrons. The number of nitrogens with one attached hydrogen (secondary N) is 1. The van der Waals surface area contributed by atoms with E-state index in [0.29, 0.717) is 26.1 Å². The van der Waals surface area contributed by atoms with Crippen LogP contribution in [0.2, 0.25) is 0 Å². The van der Waals surface area contributed by atoms with Crippen LogP contribution >= 0.6 is 0 Å². The Balaban J connectivity index is 1.53. The third-order valence-electron chi connectivity index (χ3n) is 4.15. The molecule has 0 radical (unpaired) electrons. The molecule has 24 heavy (non-hydrogen) atoms. The SMILES string of the molecule is C=CC(=O)N1CC[C@H](C(=O)NCc2ccn(-c3ccccc3)n2)C1. The van der Waals surface area contributed by atoms with Crippen molar-refractivity contribution in [2.24, 2.45) is 5.92 Å². The van der Waals surface area contributed by atoms with Crippen LogP contribution in [0.3, 0.4) is 0 Å². The maximum atomic E-state index is 12.2. The molecular formula is C18H20N4O2. The van der Waals surface area contributed by atoms with Crippen molar-refractivity contribution in [2.45, 2.75) is 13.0 Å². The first-order valence-corrected chi connectivity index (χ1v) is 7.96. The Kier molecular flexibility index (Phi) is 4.74. The molecule has 2 aromatic rings. The van der Waals surface area contributed by atoms with E-state index < -0.39 is 0 Å². The number of rotatable bonds is 5. The van der Waals surface area contributed by atoms with E-state index in [9.17, 15) is 9.59 Å². The average Bonchev–Trinajstić information content (AvgIpc) is 3.29. The highest BCUT2D eigenvalue weighted by Crippen LogP contribution is 2.17. The summed E-state index contributed by atoms with van der Waals surface area (Å²) >= 11 is 0. The highest BCUT2D eigenvalue weighted by Gasteiger charge is 2.29. The van der Waals surface area contributed by atoms with E-state index in [1.165, 1.54) is 6.08 Å². The summed E-state index contributed by atoms with van der Waals surface area (Å²) in [6, 6.07) is 11.7. The standard InChI is InChI=1S/C18H20N4O2/c1-2-17(23)21-10-8-14(13-21)18(24)19-12-15-9-11-22(20-15)16-6-4-3-5-7-16/h2-7,9,11,14H,1,8,10,12-13H2,(H,19,24)/t14-/m0/s1. The molecule has 6 heteroatoms. The van der Waals surface area contributed by atoms with Gasteiger partial charge >= 0.3 is 0 Å². The number of para-hydroxylation sites is 1. The molecule has 2 amide bonds. The van der Waals surface area contributed by atoms with Crippen LogP contribution < -0.4 is 5.32 Å². The summed E-state index contributed by atoms with van der Waals surface area (Å²) < 4.78 is 1.78. The number of benzene rings is 1. The average molecular weight is 324 g/mol. The number of carbonyl (C=O) groups excluding carboxylic acids is 2. The molecule has 1 saturated heterocycles. The summed E-state index contributed by atoms with van der Waals surface area (Å²) in [5.74, 6) is -0.319. The number of likely N-dealkylation sites (tertiary alicyclic amines) is 1. The van der Waals surface area contributed by atoms with Crippen molar-refractivity contribution in [1.82, 2.24) is 20.0 Å². The Bertz CT molecular complexity index is 738. The molecule has 1 fully saturated rings. The fraction of sp³-hybridized carbons (Fsp3) is 0.278. The lowest BCUT2D eigenvalue weighted by Crippen LogP contribution is -2.33. The smallest absolute Gasteiger partial charge is 0.245 e. The summed E-state index contributed by atoms with van der Waals surface area (Å²) in [7, 11) is 0. The van der Waals surface area contributed by atoms with Crippen LogP contribution in [0.15, 0.2) is 55.3 Å². The molecule has 1 N–H and O–H groups in total. The predicted octanol–water partition coefficient (Wildman–Crippen LogP) is 1.52. The first-order chi connectivity index (χ1) is 11.7. The number of nitrogens with zero attached hydrogens (tertiary/aromatic N) is 3. The van der Waals surface area contributed by atoms with Crippen molar-refractivity contribution in [1.29, 1.82) is 0 Å². The molecule has 0 saturated carbocycles. The summed E-state index contributed by atoms with van der Waals surface area (Å²) in [6.45, 7) is 4.91.